The van der Waals surface area contributed by atoms with E-state index in [2.05, 4.69) is 49.1 Å². The smallest absolute Gasteiger partial charge is 0.322 e. The van der Waals surface area contributed by atoms with Gasteiger partial charge in [0.15, 0.2) is 5.78 Å². The summed E-state index contributed by atoms with van der Waals surface area (Å²) in [5, 5.41) is 5.61. The van der Waals surface area contributed by atoms with Gasteiger partial charge < -0.3 is 26.2 Å². The number of nitrogens with zero attached hydrogens (tertiary/aromatic N) is 2. The highest BCUT2D eigenvalue weighted by Crippen LogP contribution is 2.30. The molecule has 1 atom stereocenters. The summed E-state index contributed by atoms with van der Waals surface area (Å²) < 4.78 is 1.10. The molecular weight excluding hydrogens is 618 g/mol. The third-order valence-electron chi connectivity index (χ3n) is 6.95. The van der Waals surface area contributed by atoms with Gasteiger partial charge in [-0.1, -0.05) is 24.8 Å². The van der Waals surface area contributed by atoms with Crippen molar-refractivity contribution in [2.24, 2.45) is 0 Å². The van der Waals surface area contributed by atoms with E-state index in [1.807, 2.05) is 29.2 Å². The molecule has 2 aliphatic rings. The number of fused-ring (bicyclic) bond motifs is 1. The van der Waals surface area contributed by atoms with E-state index < -0.39 is 11.9 Å². The number of benzene rings is 2. The molecule has 0 spiro atoms. The fourth-order valence-corrected chi connectivity index (χ4v) is 6.02. The minimum atomic E-state index is -1.05. The van der Waals surface area contributed by atoms with E-state index in [9.17, 15) is 19.2 Å². The van der Waals surface area contributed by atoms with Crippen LogP contribution in [0.3, 0.4) is 0 Å². The minimum absolute atomic E-state index is 0.0133. The summed E-state index contributed by atoms with van der Waals surface area (Å²) in [7, 11) is 0. The lowest BCUT2D eigenvalue weighted by Gasteiger charge is -2.39. The monoisotopic (exact) mass is 645 g/mol. The van der Waals surface area contributed by atoms with Crippen LogP contribution in [-0.4, -0.2) is 65.1 Å². The molecule has 2 aromatic carbocycles. The molecule has 1 fully saturated rings. The Morgan fingerprint density at radius 2 is 1.79 bits per heavy atom. The van der Waals surface area contributed by atoms with E-state index >= 15 is 0 Å². The van der Waals surface area contributed by atoms with Crippen LogP contribution in [0.4, 0.5) is 16.2 Å². The third kappa shape index (κ3) is 6.27. The zero-order chi connectivity index (χ0) is 27.4. The number of nitrogens with one attached hydrogen (secondary N) is 2. The van der Waals surface area contributed by atoms with Crippen molar-refractivity contribution in [2.45, 2.75) is 37.8 Å². The minimum Gasteiger partial charge on any atom is -0.397 e. The molecule has 4 amide bonds. The van der Waals surface area contributed by atoms with E-state index in [0.717, 1.165) is 23.7 Å². The topological polar surface area (TPSA) is 125 Å². The Bertz CT molecular complexity index is 1250. The number of nitrogens with two attached hydrogens (primary N) is 1. The Hall–Kier alpha value is -3.18. The summed E-state index contributed by atoms with van der Waals surface area (Å²) in [5.74, 6) is -1.19. The average Bonchev–Trinajstić information content (AvgIpc) is 3.08. The molecule has 0 aliphatic carbocycles. The van der Waals surface area contributed by atoms with Crippen LogP contribution >= 0.6 is 31.9 Å². The molecule has 0 bridgehead atoms. The molecule has 0 saturated carbocycles. The molecule has 0 aromatic heterocycles. The number of likely N-dealkylation sites (tertiary alicyclic amines) is 1. The Morgan fingerprint density at radius 1 is 1.13 bits per heavy atom. The van der Waals surface area contributed by atoms with Crippen LogP contribution in [0.5, 0.6) is 0 Å². The number of halogens is 2. The summed E-state index contributed by atoms with van der Waals surface area (Å²) in [6.07, 6.45) is 2.81. The molecule has 11 heteroatoms. The summed E-state index contributed by atoms with van der Waals surface area (Å²) in [5.41, 5.74) is 8.67. The van der Waals surface area contributed by atoms with Crippen molar-refractivity contribution in [2.75, 3.05) is 30.7 Å². The fourth-order valence-electron chi connectivity index (χ4n) is 4.84. The fraction of sp³-hybridized carbons (Fsp3) is 0.333. The number of Topliss-reactive ketones (excluding diaryl/α,β-unsaturated/α-hetero) is 1. The first-order chi connectivity index (χ1) is 18.2. The molecule has 38 heavy (non-hydrogen) atoms. The van der Waals surface area contributed by atoms with Crippen molar-refractivity contribution < 1.29 is 19.2 Å². The van der Waals surface area contributed by atoms with Crippen LogP contribution in [0.25, 0.3) is 0 Å². The zero-order valence-electron chi connectivity index (χ0n) is 20.7. The maximum Gasteiger partial charge on any atom is 0.322 e. The second-order valence-electron chi connectivity index (χ2n) is 9.33. The highest BCUT2D eigenvalue weighted by Gasteiger charge is 2.34. The number of rotatable bonds is 7. The second kappa shape index (κ2) is 12.1. The van der Waals surface area contributed by atoms with E-state index in [-0.39, 0.29) is 30.2 Å². The number of para-hydroxylation sites is 1. The zero-order valence-corrected chi connectivity index (χ0v) is 23.9. The van der Waals surface area contributed by atoms with Gasteiger partial charge in [-0.05, 0) is 81.0 Å². The van der Waals surface area contributed by atoms with Crippen molar-refractivity contribution in [1.29, 1.82) is 0 Å². The molecule has 0 unspecified atom stereocenters. The van der Waals surface area contributed by atoms with Gasteiger partial charge in [0.2, 0.25) is 11.8 Å². The van der Waals surface area contributed by atoms with Gasteiger partial charge in [0.05, 0.1) is 5.69 Å². The van der Waals surface area contributed by atoms with Crippen molar-refractivity contribution in [1.82, 2.24) is 15.1 Å². The molecule has 4 N–H and O–H groups in total. The second-order valence-corrected chi connectivity index (χ2v) is 11.0. The van der Waals surface area contributed by atoms with Gasteiger partial charge >= 0.3 is 6.03 Å². The van der Waals surface area contributed by atoms with E-state index in [0.29, 0.717) is 52.7 Å². The van der Waals surface area contributed by atoms with Crippen molar-refractivity contribution >= 4 is 66.9 Å². The Morgan fingerprint density at radius 3 is 2.45 bits per heavy atom. The maximum atomic E-state index is 13.4. The predicted molar refractivity (Wildman–Crippen MR) is 153 cm³/mol. The predicted octanol–water partition coefficient (Wildman–Crippen LogP) is 4.12. The van der Waals surface area contributed by atoms with Crippen LogP contribution in [-0.2, 0) is 16.0 Å². The van der Waals surface area contributed by atoms with Crippen molar-refractivity contribution in [3.8, 4) is 0 Å². The van der Waals surface area contributed by atoms with Crippen LogP contribution in [0.1, 0.15) is 35.2 Å². The van der Waals surface area contributed by atoms with Crippen LogP contribution in [0.2, 0.25) is 0 Å². The number of anilines is 2. The number of nitrogen functional groups attached to an aromatic ring is 1. The molecule has 200 valence electrons. The lowest BCUT2D eigenvalue weighted by molar-refractivity contribution is -0.136. The lowest BCUT2D eigenvalue weighted by atomic mass is 9.99. The van der Waals surface area contributed by atoms with Gasteiger partial charge in [0, 0.05) is 52.3 Å². The van der Waals surface area contributed by atoms with E-state index in [1.165, 1.54) is 0 Å². The summed E-state index contributed by atoms with van der Waals surface area (Å²) in [6.45, 7) is 4.87. The first kappa shape index (κ1) is 27.8. The molecule has 1 saturated heterocycles. The molecule has 2 aliphatic heterocycles. The Kier molecular flexibility index (Phi) is 8.88. The first-order valence-corrected chi connectivity index (χ1v) is 13.9. The summed E-state index contributed by atoms with van der Waals surface area (Å²) in [4.78, 5) is 55.0. The van der Waals surface area contributed by atoms with Gasteiger partial charge in [0.25, 0.3) is 0 Å². The molecule has 0 radical (unpaired) electrons. The van der Waals surface area contributed by atoms with E-state index in [1.54, 1.807) is 17.0 Å². The Labute approximate surface area is 238 Å². The lowest BCUT2D eigenvalue weighted by Crippen LogP contribution is -2.54. The molecular formula is C27H29Br2N5O4. The van der Waals surface area contributed by atoms with Crippen LogP contribution in [0.15, 0.2) is 58.0 Å². The maximum absolute atomic E-state index is 13.4. The molecule has 2 aromatic rings. The molecule has 4 rings (SSSR count). The standard InChI is InChI=1S/C27H29Br2N5O4/c1-2-24(36)31-22(15-23(35)17-13-19(28)25(30)20(29)14-17)26(37)33-10-8-18(9-11-33)34-12-7-16-5-3-4-6-21(16)32-27(34)38/h2-6,13-14,18,22H,1,7-12,15,30H2,(H,31,36)(H,32,38)/t22-/m0/s1. The van der Waals surface area contributed by atoms with Crippen molar-refractivity contribution in [3.63, 3.8) is 0 Å². The van der Waals surface area contributed by atoms with Crippen LogP contribution in [0, 0.1) is 0 Å². The SMILES string of the molecule is C=CC(=O)N[C@@H](CC(=O)c1cc(Br)c(N)c(Br)c1)C(=O)N1CCC(N2CCc3ccccc3NC2=O)CC1. The summed E-state index contributed by atoms with van der Waals surface area (Å²) in [6, 6.07) is 9.77. The van der Waals surface area contributed by atoms with Crippen LogP contribution < -0.4 is 16.4 Å². The van der Waals surface area contributed by atoms with Gasteiger partial charge in [-0.2, -0.15) is 0 Å². The van der Waals surface area contributed by atoms with Gasteiger partial charge in [-0.25, -0.2) is 4.79 Å². The number of carbonyl (C=O) groups is 4. The van der Waals surface area contributed by atoms with Gasteiger partial charge in [-0.3, -0.25) is 14.4 Å². The highest BCUT2D eigenvalue weighted by molar-refractivity contribution is 9.11. The van der Waals surface area contributed by atoms with E-state index in [4.69, 9.17) is 5.73 Å². The number of ketones is 1. The third-order valence-corrected chi connectivity index (χ3v) is 8.26. The number of piperidine rings is 1. The Balaban J connectivity index is 1.41. The number of amides is 4. The molecule has 9 nitrogen and oxygen atoms in total. The normalized spacial score (nSPS) is 16.6. The number of hydrogen-bond acceptors (Lipinski definition) is 5. The number of hydrogen-bond donors (Lipinski definition) is 3. The molecule has 2 heterocycles. The van der Waals surface area contributed by atoms with Gasteiger partial charge in [-0.15, -0.1) is 0 Å². The highest BCUT2D eigenvalue weighted by atomic mass is 79.9. The van der Waals surface area contributed by atoms with Gasteiger partial charge in [0.1, 0.15) is 6.04 Å². The average molecular weight is 647 g/mol. The summed E-state index contributed by atoms with van der Waals surface area (Å²) >= 11 is 6.67. The number of carbonyl (C=O) groups excluding carboxylic acids is 4. The quantitative estimate of drug-likeness (QED) is 0.237. The number of urea groups is 1. The first-order valence-electron chi connectivity index (χ1n) is 12.3. The largest absolute Gasteiger partial charge is 0.397 e. The van der Waals surface area contributed by atoms with Crippen molar-refractivity contribution in [3.05, 3.63) is 69.1 Å².